The minimum Gasteiger partial charge on any atom is -0.310 e. The quantitative estimate of drug-likeness (QED) is 0.805. The van der Waals surface area contributed by atoms with Crippen molar-refractivity contribution in [3.05, 3.63) is 70.3 Å². The fourth-order valence-corrected chi connectivity index (χ4v) is 2.84. The molecule has 0 saturated carbocycles. The van der Waals surface area contributed by atoms with E-state index < -0.39 is 0 Å². The SMILES string of the molecule is CCNC(Cc1ccc(CC)cc1)c1cccc(C)c1C. The van der Waals surface area contributed by atoms with Crippen LogP contribution in [0.5, 0.6) is 0 Å². The van der Waals surface area contributed by atoms with Crippen LogP contribution in [0.25, 0.3) is 0 Å². The zero-order valence-electron chi connectivity index (χ0n) is 13.7. The molecule has 0 saturated heterocycles. The van der Waals surface area contributed by atoms with Crippen molar-refractivity contribution >= 4 is 0 Å². The number of likely N-dealkylation sites (N-methyl/N-ethyl adjacent to an activating group) is 1. The Kier molecular flexibility index (Phi) is 5.58. The molecule has 0 aliphatic rings. The second-order valence-electron chi connectivity index (χ2n) is 5.77. The summed E-state index contributed by atoms with van der Waals surface area (Å²) in [5.41, 5.74) is 7.02. The molecule has 0 bridgehead atoms. The van der Waals surface area contributed by atoms with Crippen molar-refractivity contribution in [2.75, 3.05) is 6.54 Å². The lowest BCUT2D eigenvalue weighted by Gasteiger charge is -2.21. The summed E-state index contributed by atoms with van der Waals surface area (Å²) in [6, 6.07) is 16.1. The zero-order chi connectivity index (χ0) is 15.2. The lowest BCUT2D eigenvalue weighted by atomic mass is 9.92. The molecule has 2 aromatic carbocycles. The number of rotatable bonds is 6. The van der Waals surface area contributed by atoms with Crippen LogP contribution < -0.4 is 5.32 Å². The second kappa shape index (κ2) is 7.42. The highest BCUT2D eigenvalue weighted by Crippen LogP contribution is 2.24. The Balaban J connectivity index is 2.24. The lowest BCUT2D eigenvalue weighted by Crippen LogP contribution is -2.24. The maximum absolute atomic E-state index is 3.64. The highest BCUT2D eigenvalue weighted by atomic mass is 14.9. The maximum atomic E-state index is 3.64. The Bertz CT molecular complexity index is 569. The molecule has 1 nitrogen and oxygen atoms in total. The Hall–Kier alpha value is -1.60. The third-order valence-electron chi connectivity index (χ3n) is 4.34. The Morgan fingerprint density at radius 3 is 2.19 bits per heavy atom. The van der Waals surface area contributed by atoms with Crippen LogP contribution >= 0.6 is 0 Å². The molecule has 2 rings (SSSR count). The average Bonchev–Trinajstić information content (AvgIpc) is 2.50. The molecule has 0 fully saturated rings. The standard InChI is InChI=1S/C20H27N/c1-5-17-10-12-18(13-11-17)14-20(21-6-2)19-9-7-8-15(3)16(19)4/h7-13,20-21H,5-6,14H2,1-4H3. The highest BCUT2D eigenvalue weighted by molar-refractivity contribution is 5.36. The van der Waals surface area contributed by atoms with Gasteiger partial charge in [-0.1, -0.05) is 56.3 Å². The first-order valence-electron chi connectivity index (χ1n) is 8.03. The predicted molar refractivity (Wildman–Crippen MR) is 91.9 cm³/mol. The molecular formula is C20H27N. The molecule has 2 aromatic rings. The molecule has 0 heterocycles. The van der Waals surface area contributed by atoms with Gasteiger partial charge in [-0.2, -0.15) is 0 Å². The van der Waals surface area contributed by atoms with Crippen molar-refractivity contribution in [2.45, 2.75) is 46.6 Å². The fourth-order valence-electron chi connectivity index (χ4n) is 2.84. The minimum absolute atomic E-state index is 0.391. The van der Waals surface area contributed by atoms with E-state index in [0.717, 1.165) is 19.4 Å². The number of nitrogens with one attached hydrogen (secondary N) is 1. The summed E-state index contributed by atoms with van der Waals surface area (Å²) in [6.45, 7) is 9.79. The smallest absolute Gasteiger partial charge is 0.0363 e. The van der Waals surface area contributed by atoms with Crippen LogP contribution in [0.2, 0.25) is 0 Å². The van der Waals surface area contributed by atoms with Crippen LogP contribution in [0.15, 0.2) is 42.5 Å². The number of hydrogen-bond donors (Lipinski definition) is 1. The Morgan fingerprint density at radius 1 is 0.905 bits per heavy atom. The summed E-state index contributed by atoms with van der Waals surface area (Å²) in [6.07, 6.45) is 2.15. The second-order valence-corrected chi connectivity index (χ2v) is 5.77. The summed E-state index contributed by atoms with van der Waals surface area (Å²) in [5.74, 6) is 0. The molecule has 0 aromatic heterocycles. The number of benzene rings is 2. The Morgan fingerprint density at radius 2 is 1.57 bits per heavy atom. The summed E-state index contributed by atoms with van der Waals surface area (Å²) >= 11 is 0. The van der Waals surface area contributed by atoms with Crippen LogP contribution in [0, 0.1) is 13.8 Å². The van der Waals surface area contributed by atoms with E-state index in [1.165, 1.54) is 27.8 Å². The van der Waals surface area contributed by atoms with Gasteiger partial charge in [-0.15, -0.1) is 0 Å². The van der Waals surface area contributed by atoms with Crippen molar-refractivity contribution in [3.63, 3.8) is 0 Å². The highest BCUT2D eigenvalue weighted by Gasteiger charge is 2.14. The molecule has 0 spiro atoms. The first-order chi connectivity index (χ1) is 10.2. The molecule has 112 valence electrons. The summed E-state index contributed by atoms with van der Waals surface area (Å²) < 4.78 is 0. The van der Waals surface area contributed by atoms with Crippen molar-refractivity contribution in [2.24, 2.45) is 0 Å². The van der Waals surface area contributed by atoms with Crippen LogP contribution in [0.3, 0.4) is 0 Å². The third kappa shape index (κ3) is 3.95. The van der Waals surface area contributed by atoms with Gasteiger partial charge in [0.2, 0.25) is 0 Å². The average molecular weight is 281 g/mol. The summed E-state index contributed by atoms with van der Waals surface area (Å²) in [7, 11) is 0. The van der Waals surface area contributed by atoms with Crippen LogP contribution in [-0.2, 0) is 12.8 Å². The van der Waals surface area contributed by atoms with Gasteiger partial charge in [-0.3, -0.25) is 0 Å². The zero-order valence-corrected chi connectivity index (χ0v) is 13.7. The monoisotopic (exact) mass is 281 g/mol. The topological polar surface area (TPSA) is 12.0 Å². The number of aryl methyl sites for hydroxylation is 2. The Labute approximate surface area is 129 Å². The molecule has 1 heteroatoms. The van der Waals surface area contributed by atoms with E-state index in [9.17, 15) is 0 Å². The van der Waals surface area contributed by atoms with Gasteiger partial charge < -0.3 is 5.32 Å². The van der Waals surface area contributed by atoms with Crippen LogP contribution in [0.4, 0.5) is 0 Å². The predicted octanol–water partition coefficient (Wildman–Crippen LogP) is 4.76. The van der Waals surface area contributed by atoms with Gasteiger partial charge in [0.15, 0.2) is 0 Å². The van der Waals surface area contributed by atoms with E-state index in [-0.39, 0.29) is 0 Å². The normalized spacial score (nSPS) is 12.4. The number of hydrogen-bond acceptors (Lipinski definition) is 1. The third-order valence-corrected chi connectivity index (χ3v) is 4.34. The molecule has 1 unspecified atom stereocenters. The fraction of sp³-hybridized carbons (Fsp3) is 0.400. The van der Waals surface area contributed by atoms with Crippen molar-refractivity contribution in [1.29, 1.82) is 0 Å². The van der Waals surface area contributed by atoms with E-state index in [1.54, 1.807) is 0 Å². The molecule has 0 radical (unpaired) electrons. The van der Waals surface area contributed by atoms with Crippen molar-refractivity contribution < 1.29 is 0 Å². The van der Waals surface area contributed by atoms with E-state index in [1.807, 2.05) is 0 Å². The largest absolute Gasteiger partial charge is 0.310 e. The molecular weight excluding hydrogens is 254 g/mol. The lowest BCUT2D eigenvalue weighted by molar-refractivity contribution is 0.547. The van der Waals surface area contributed by atoms with E-state index >= 15 is 0 Å². The molecule has 1 atom stereocenters. The van der Waals surface area contributed by atoms with E-state index in [0.29, 0.717) is 6.04 Å². The van der Waals surface area contributed by atoms with Crippen molar-refractivity contribution in [1.82, 2.24) is 5.32 Å². The van der Waals surface area contributed by atoms with Gasteiger partial charge in [-0.25, -0.2) is 0 Å². The first-order valence-corrected chi connectivity index (χ1v) is 8.03. The molecule has 0 aliphatic carbocycles. The van der Waals surface area contributed by atoms with Crippen molar-refractivity contribution in [3.8, 4) is 0 Å². The van der Waals surface area contributed by atoms with Crippen LogP contribution in [0.1, 0.15) is 47.7 Å². The minimum atomic E-state index is 0.391. The first kappa shape index (κ1) is 15.8. The maximum Gasteiger partial charge on any atom is 0.0363 e. The van der Waals surface area contributed by atoms with Gasteiger partial charge >= 0.3 is 0 Å². The van der Waals surface area contributed by atoms with Crippen LogP contribution in [-0.4, -0.2) is 6.54 Å². The van der Waals surface area contributed by atoms with E-state index in [4.69, 9.17) is 0 Å². The van der Waals surface area contributed by atoms with Gasteiger partial charge in [0, 0.05) is 6.04 Å². The summed E-state index contributed by atoms with van der Waals surface area (Å²) in [4.78, 5) is 0. The van der Waals surface area contributed by atoms with Gasteiger partial charge in [0.1, 0.15) is 0 Å². The van der Waals surface area contributed by atoms with Gasteiger partial charge in [0.25, 0.3) is 0 Å². The van der Waals surface area contributed by atoms with Gasteiger partial charge in [0.05, 0.1) is 0 Å². The molecule has 1 N–H and O–H groups in total. The van der Waals surface area contributed by atoms with E-state index in [2.05, 4.69) is 75.5 Å². The molecule has 0 aliphatic heterocycles. The summed E-state index contributed by atoms with van der Waals surface area (Å²) in [5, 5.41) is 3.64. The molecule has 21 heavy (non-hydrogen) atoms. The molecule has 0 amide bonds. The van der Waals surface area contributed by atoms with Gasteiger partial charge in [-0.05, 0) is 61.1 Å².